The summed E-state index contributed by atoms with van der Waals surface area (Å²) in [4.78, 5) is 11.3. The van der Waals surface area contributed by atoms with Crippen LogP contribution >= 0.6 is 0 Å². The summed E-state index contributed by atoms with van der Waals surface area (Å²) in [7, 11) is 0. The SMILES string of the molecule is CCCC1CCCCN1c1cc(N)nc(COCC)n1. The third-order valence-electron chi connectivity index (χ3n) is 3.76. The van der Waals surface area contributed by atoms with Gasteiger partial charge >= 0.3 is 0 Å². The number of hydrogen-bond donors (Lipinski definition) is 1. The van der Waals surface area contributed by atoms with Crippen molar-refractivity contribution < 1.29 is 4.74 Å². The molecule has 5 heteroatoms. The van der Waals surface area contributed by atoms with Gasteiger partial charge in [-0.1, -0.05) is 13.3 Å². The van der Waals surface area contributed by atoms with Gasteiger partial charge in [0.15, 0.2) is 5.82 Å². The monoisotopic (exact) mass is 278 g/mol. The molecule has 112 valence electrons. The summed E-state index contributed by atoms with van der Waals surface area (Å²) in [6.45, 7) is 6.36. The number of aromatic nitrogens is 2. The first-order valence-corrected chi connectivity index (χ1v) is 7.72. The Balaban J connectivity index is 2.18. The number of ether oxygens (including phenoxy) is 1. The first kappa shape index (κ1) is 15.0. The Labute approximate surface area is 121 Å². The lowest BCUT2D eigenvalue weighted by Gasteiger charge is -2.36. The molecule has 20 heavy (non-hydrogen) atoms. The van der Waals surface area contributed by atoms with E-state index in [1.165, 1.54) is 32.1 Å². The standard InChI is InChI=1S/C15H26N4O/c1-3-7-12-8-5-6-9-19(12)15-10-13(16)17-14(18-15)11-20-4-2/h10,12H,3-9,11H2,1-2H3,(H2,16,17,18). The summed E-state index contributed by atoms with van der Waals surface area (Å²) in [5, 5.41) is 0. The van der Waals surface area contributed by atoms with Crippen LogP contribution in [0.1, 0.15) is 51.8 Å². The molecule has 0 radical (unpaired) electrons. The van der Waals surface area contributed by atoms with Gasteiger partial charge in [-0.05, 0) is 32.6 Å². The van der Waals surface area contributed by atoms with Gasteiger partial charge in [-0.3, -0.25) is 0 Å². The van der Waals surface area contributed by atoms with Crippen LogP contribution in [0.5, 0.6) is 0 Å². The lowest BCUT2D eigenvalue weighted by atomic mass is 9.98. The van der Waals surface area contributed by atoms with E-state index in [0.717, 1.165) is 12.4 Å². The second-order valence-electron chi connectivity index (χ2n) is 5.34. The summed E-state index contributed by atoms with van der Waals surface area (Å²) in [6, 6.07) is 2.48. The van der Waals surface area contributed by atoms with Crippen molar-refractivity contribution in [2.45, 2.75) is 58.6 Å². The molecule has 2 heterocycles. The van der Waals surface area contributed by atoms with E-state index in [1.807, 2.05) is 13.0 Å². The Morgan fingerprint density at radius 3 is 2.95 bits per heavy atom. The molecule has 1 fully saturated rings. The van der Waals surface area contributed by atoms with Crippen molar-refractivity contribution in [1.29, 1.82) is 0 Å². The highest BCUT2D eigenvalue weighted by Crippen LogP contribution is 2.26. The van der Waals surface area contributed by atoms with Crippen LogP contribution in [0.25, 0.3) is 0 Å². The Bertz CT molecular complexity index is 422. The number of rotatable bonds is 6. The zero-order chi connectivity index (χ0) is 14.4. The van der Waals surface area contributed by atoms with Crippen molar-refractivity contribution in [3.63, 3.8) is 0 Å². The van der Waals surface area contributed by atoms with Gasteiger partial charge in [0.25, 0.3) is 0 Å². The summed E-state index contributed by atoms with van der Waals surface area (Å²) < 4.78 is 5.39. The van der Waals surface area contributed by atoms with Crippen molar-refractivity contribution in [3.05, 3.63) is 11.9 Å². The maximum Gasteiger partial charge on any atom is 0.158 e. The molecular formula is C15H26N4O. The average Bonchev–Trinajstić information content (AvgIpc) is 2.45. The Morgan fingerprint density at radius 2 is 2.20 bits per heavy atom. The minimum absolute atomic E-state index is 0.431. The number of piperidine rings is 1. The summed E-state index contributed by atoms with van der Waals surface area (Å²) >= 11 is 0. The number of anilines is 2. The Kier molecular flexibility index (Phi) is 5.59. The van der Waals surface area contributed by atoms with Crippen LogP contribution in [0.4, 0.5) is 11.6 Å². The van der Waals surface area contributed by atoms with Crippen molar-refractivity contribution >= 4 is 11.6 Å². The van der Waals surface area contributed by atoms with Crippen molar-refractivity contribution in [2.24, 2.45) is 0 Å². The molecule has 0 saturated carbocycles. The zero-order valence-corrected chi connectivity index (χ0v) is 12.6. The van der Waals surface area contributed by atoms with E-state index in [9.17, 15) is 0 Å². The van der Waals surface area contributed by atoms with Crippen LogP contribution in [-0.4, -0.2) is 29.2 Å². The van der Waals surface area contributed by atoms with Crippen LogP contribution in [0.15, 0.2) is 6.07 Å². The Morgan fingerprint density at radius 1 is 1.35 bits per heavy atom. The molecule has 2 N–H and O–H groups in total. The van der Waals surface area contributed by atoms with Gasteiger partial charge in [0.1, 0.15) is 18.2 Å². The normalized spacial score (nSPS) is 19.3. The second-order valence-corrected chi connectivity index (χ2v) is 5.34. The van der Waals surface area contributed by atoms with Crippen LogP contribution in [0.3, 0.4) is 0 Å². The van der Waals surface area contributed by atoms with Crippen LogP contribution in [0, 0.1) is 0 Å². The molecular weight excluding hydrogens is 252 g/mol. The highest BCUT2D eigenvalue weighted by molar-refractivity contribution is 5.48. The van der Waals surface area contributed by atoms with Crippen molar-refractivity contribution in [2.75, 3.05) is 23.8 Å². The Hall–Kier alpha value is -1.36. The maximum absolute atomic E-state index is 5.92. The summed E-state index contributed by atoms with van der Waals surface area (Å²) in [5.74, 6) is 2.18. The van der Waals surface area contributed by atoms with E-state index in [4.69, 9.17) is 10.5 Å². The predicted molar refractivity (Wildman–Crippen MR) is 81.7 cm³/mol. The quantitative estimate of drug-likeness (QED) is 0.866. The van der Waals surface area contributed by atoms with E-state index in [-0.39, 0.29) is 0 Å². The molecule has 0 spiro atoms. The molecule has 2 rings (SSSR count). The van der Waals surface area contributed by atoms with E-state index in [0.29, 0.717) is 30.9 Å². The van der Waals surface area contributed by atoms with Gasteiger partial charge in [-0.15, -0.1) is 0 Å². The second kappa shape index (κ2) is 7.43. The van der Waals surface area contributed by atoms with Crippen LogP contribution < -0.4 is 10.6 Å². The van der Waals surface area contributed by atoms with Gasteiger partial charge < -0.3 is 15.4 Å². The molecule has 1 atom stereocenters. The first-order valence-electron chi connectivity index (χ1n) is 7.72. The lowest BCUT2D eigenvalue weighted by molar-refractivity contribution is 0.128. The average molecular weight is 278 g/mol. The number of nitrogens with two attached hydrogens (primary N) is 1. The third kappa shape index (κ3) is 3.82. The number of nitrogen functional groups attached to an aromatic ring is 1. The third-order valence-corrected chi connectivity index (χ3v) is 3.76. The van der Waals surface area contributed by atoms with Gasteiger partial charge in [0.05, 0.1) is 0 Å². The first-order chi connectivity index (χ1) is 9.74. The highest BCUT2D eigenvalue weighted by atomic mass is 16.5. The van der Waals surface area contributed by atoms with Gasteiger partial charge in [-0.25, -0.2) is 9.97 Å². The molecule has 5 nitrogen and oxygen atoms in total. The van der Waals surface area contributed by atoms with E-state index in [2.05, 4.69) is 21.8 Å². The van der Waals surface area contributed by atoms with Gasteiger partial charge in [0, 0.05) is 25.3 Å². The molecule has 0 aliphatic carbocycles. The molecule has 1 saturated heterocycles. The molecule has 1 aliphatic heterocycles. The summed E-state index contributed by atoms with van der Waals surface area (Å²) in [6.07, 6.45) is 6.20. The zero-order valence-electron chi connectivity index (χ0n) is 12.6. The molecule has 0 bridgehead atoms. The number of nitrogens with zero attached hydrogens (tertiary/aromatic N) is 3. The van der Waals surface area contributed by atoms with E-state index < -0.39 is 0 Å². The molecule has 1 aliphatic rings. The molecule has 0 amide bonds. The van der Waals surface area contributed by atoms with Crippen LogP contribution in [0.2, 0.25) is 0 Å². The largest absolute Gasteiger partial charge is 0.384 e. The lowest BCUT2D eigenvalue weighted by Crippen LogP contribution is -2.40. The smallest absolute Gasteiger partial charge is 0.158 e. The van der Waals surface area contributed by atoms with Crippen LogP contribution in [-0.2, 0) is 11.3 Å². The fraction of sp³-hybridized carbons (Fsp3) is 0.733. The van der Waals surface area contributed by atoms with Crippen molar-refractivity contribution in [1.82, 2.24) is 9.97 Å². The minimum Gasteiger partial charge on any atom is -0.384 e. The molecule has 1 aromatic rings. The fourth-order valence-electron chi connectivity index (χ4n) is 2.84. The predicted octanol–water partition coefficient (Wildman–Crippen LogP) is 2.75. The minimum atomic E-state index is 0.431. The van der Waals surface area contributed by atoms with E-state index in [1.54, 1.807) is 0 Å². The fourth-order valence-corrected chi connectivity index (χ4v) is 2.84. The highest BCUT2D eigenvalue weighted by Gasteiger charge is 2.23. The van der Waals surface area contributed by atoms with Crippen molar-refractivity contribution in [3.8, 4) is 0 Å². The topological polar surface area (TPSA) is 64.3 Å². The van der Waals surface area contributed by atoms with Gasteiger partial charge in [-0.2, -0.15) is 0 Å². The molecule has 1 unspecified atom stereocenters. The summed E-state index contributed by atoms with van der Waals surface area (Å²) in [5.41, 5.74) is 5.92. The molecule has 1 aromatic heterocycles. The number of hydrogen-bond acceptors (Lipinski definition) is 5. The maximum atomic E-state index is 5.92. The molecule has 0 aromatic carbocycles. The van der Waals surface area contributed by atoms with Gasteiger partial charge in [0.2, 0.25) is 0 Å². The van der Waals surface area contributed by atoms with E-state index >= 15 is 0 Å².